The van der Waals surface area contributed by atoms with Crippen LogP contribution in [0.2, 0.25) is 0 Å². The Morgan fingerprint density at radius 3 is 2.39 bits per heavy atom. The first-order valence-corrected chi connectivity index (χ1v) is 6.96. The third kappa shape index (κ3) is 4.81. The van der Waals surface area contributed by atoms with Crippen molar-refractivity contribution in [1.29, 1.82) is 0 Å². The Morgan fingerprint density at radius 1 is 1.13 bits per heavy atom. The van der Waals surface area contributed by atoms with Crippen molar-refractivity contribution >= 4 is 5.91 Å². The van der Waals surface area contributed by atoms with E-state index in [2.05, 4.69) is 5.32 Å². The fraction of sp³-hybridized carbons (Fsp3) is 0.235. The summed E-state index contributed by atoms with van der Waals surface area (Å²) in [5.74, 6) is -0.780. The summed E-state index contributed by atoms with van der Waals surface area (Å²) in [5, 5.41) is 2.68. The number of alkyl halides is 3. The quantitative estimate of drug-likeness (QED) is 0.836. The highest BCUT2D eigenvalue weighted by Gasteiger charge is 2.30. The summed E-state index contributed by atoms with van der Waals surface area (Å²) in [4.78, 5) is 12.0. The topological polar surface area (TPSA) is 29.1 Å². The molecule has 2 nitrogen and oxygen atoms in total. The van der Waals surface area contributed by atoms with E-state index in [0.29, 0.717) is 5.56 Å². The molecule has 23 heavy (non-hydrogen) atoms. The lowest BCUT2D eigenvalue weighted by molar-refractivity contribution is -0.137. The maximum atomic E-state index is 12.9. The van der Waals surface area contributed by atoms with Crippen molar-refractivity contribution < 1.29 is 22.4 Å². The predicted octanol–water partition coefficient (Wildman–Crippen LogP) is 4.26. The minimum Gasteiger partial charge on any atom is -0.349 e. The molecule has 0 aliphatic rings. The Bertz CT molecular complexity index is 680. The van der Waals surface area contributed by atoms with Crippen molar-refractivity contribution in [3.05, 3.63) is 71.0 Å². The van der Waals surface area contributed by atoms with E-state index in [1.807, 2.05) is 0 Å². The molecule has 0 unspecified atom stereocenters. The van der Waals surface area contributed by atoms with Gasteiger partial charge in [-0.1, -0.05) is 30.3 Å². The molecule has 0 heterocycles. The number of rotatable bonds is 4. The smallest absolute Gasteiger partial charge is 0.349 e. The molecule has 0 aliphatic carbocycles. The Morgan fingerprint density at radius 2 is 1.78 bits per heavy atom. The van der Waals surface area contributed by atoms with Crippen molar-refractivity contribution in [3.8, 4) is 0 Å². The second-order valence-corrected chi connectivity index (χ2v) is 5.22. The van der Waals surface area contributed by atoms with Gasteiger partial charge in [0.05, 0.1) is 18.0 Å². The van der Waals surface area contributed by atoms with Crippen LogP contribution in [0.4, 0.5) is 17.6 Å². The van der Waals surface area contributed by atoms with Crippen LogP contribution in [-0.4, -0.2) is 5.91 Å². The number of nitrogens with one attached hydrogen (secondary N) is 1. The highest BCUT2D eigenvalue weighted by Crippen LogP contribution is 2.29. The monoisotopic (exact) mass is 325 g/mol. The number of carbonyl (C=O) groups is 1. The molecule has 1 atom stereocenters. The average molecular weight is 325 g/mol. The lowest BCUT2D eigenvalue weighted by Gasteiger charge is -2.15. The van der Waals surface area contributed by atoms with E-state index in [1.54, 1.807) is 19.1 Å². The Kier molecular flexibility index (Phi) is 5.03. The van der Waals surface area contributed by atoms with Gasteiger partial charge >= 0.3 is 6.18 Å². The molecule has 0 saturated heterocycles. The predicted molar refractivity (Wildman–Crippen MR) is 78.1 cm³/mol. The number of halogens is 4. The van der Waals surface area contributed by atoms with Gasteiger partial charge in [0.15, 0.2) is 0 Å². The molecule has 0 aromatic heterocycles. The Hall–Kier alpha value is -2.37. The van der Waals surface area contributed by atoms with Crippen LogP contribution in [0.1, 0.15) is 29.7 Å². The number of benzene rings is 2. The molecule has 0 aliphatic heterocycles. The van der Waals surface area contributed by atoms with Gasteiger partial charge in [-0.05, 0) is 36.2 Å². The van der Waals surface area contributed by atoms with Crippen LogP contribution in [0, 0.1) is 5.82 Å². The summed E-state index contributed by atoms with van der Waals surface area (Å²) in [7, 11) is 0. The molecule has 0 bridgehead atoms. The van der Waals surface area contributed by atoms with E-state index in [0.717, 1.165) is 12.1 Å². The molecule has 2 aromatic rings. The zero-order valence-corrected chi connectivity index (χ0v) is 12.3. The lowest BCUT2D eigenvalue weighted by atomic mass is 10.1. The number of hydrogen-bond acceptors (Lipinski definition) is 1. The molecule has 2 rings (SSSR count). The van der Waals surface area contributed by atoms with Crippen molar-refractivity contribution in [3.63, 3.8) is 0 Å². The Labute approximate surface area is 131 Å². The van der Waals surface area contributed by atoms with Crippen LogP contribution in [0.3, 0.4) is 0 Å². The molecule has 1 amide bonds. The highest BCUT2D eigenvalue weighted by molar-refractivity contribution is 5.79. The van der Waals surface area contributed by atoms with Crippen molar-refractivity contribution in [2.45, 2.75) is 25.6 Å². The summed E-state index contributed by atoms with van der Waals surface area (Å²) in [6.07, 6.45) is -4.59. The fourth-order valence-electron chi connectivity index (χ4n) is 2.17. The van der Waals surface area contributed by atoms with Gasteiger partial charge in [-0.3, -0.25) is 4.79 Å². The normalized spacial score (nSPS) is 12.7. The third-order valence-corrected chi connectivity index (χ3v) is 3.37. The van der Waals surface area contributed by atoms with Gasteiger partial charge in [0, 0.05) is 0 Å². The summed E-state index contributed by atoms with van der Waals surface area (Å²) < 4.78 is 50.8. The Balaban J connectivity index is 2.01. The van der Waals surface area contributed by atoms with Gasteiger partial charge < -0.3 is 5.32 Å². The summed E-state index contributed by atoms with van der Waals surface area (Å²) in [6, 6.07) is 9.95. The first-order chi connectivity index (χ1) is 10.8. The van der Waals surface area contributed by atoms with E-state index in [1.165, 1.54) is 24.3 Å². The average Bonchev–Trinajstić information content (AvgIpc) is 2.47. The summed E-state index contributed by atoms with van der Waals surface area (Å²) in [6.45, 7) is 1.72. The van der Waals surface area contributed by atoms with E-state index >= 15 is 0 Å². The first kappa shape index (κ1) is 17.0. The minimum absolute atomic E-state index is 0.157. The maximum absolute atomic E-state index is 12.9. The van der Waals surface area contributed by atoms with Gasteiger partial charge in [0.25, 0.3) is 0 Å². The maximum Gasteiger partial charge on any atom is 0.416 e. The van der Waals surface area contributed by atoms with Crippen LogP contribution in [0.25, 0.3) is 0 Å². The lowest BCUT2D eigenvalue weighted by Crippen LogP contribution is -2.28. The van der Waals surface area contributed by atoms with Crippen LogP contribution >= 0.6 is 0 Å². The summed E-state index contributed by atoms with van der Waals surface area (Å²) >= 11 is 0. The molecule has 122 valence electrons. The van der Waals surface area contributed by atoms with Crippen molar-refractivity contribution in [1.82, 2.24) is 5.32 Å². The van der Waals surface area contributed by atoms with Gasteiger partial charge in [-0.2, -0.15) is 13.2 Å². The molecular weight excluding hydrogens is 310 g/mol. The minimum atomic E-state index is -4.44. The second kappa shape index (κ2) is 6.81. The molecule has 0 spiro atoms. The van der Waals surface area contributed by atoms with Crippen LogP contribution < -0.4 is 5.32 Å². The number of amides is 1. The fourth-order valence-corrected chi connectivity index (χ4v) is 2.17. The van der Waals surface area contributed by atoms with Gasteiger partial charge in [0.1, 0.15) is 5.82 Å². The SMILES string of the molecule is C[C@H](NC(=O)Cc1cccc(C(F)(F)F)c1)c1ccc(F)cc1. The number of carbonyl (C=O) groups excluding carboxylic acids is 1. The molecule has 0 fully saturated rings. The van der Waals surface area contributed by atoms with E-state index in [-0.39, 0.29) is 23.8 Å². The van der Waals surface area contributed by atoms with Gasteiger partial charge in [-0.25, -0.2) is 4.39 Å². The third-order valence-electron chi connectivity index (χ3n) is 3.37. The summed E-state index contributed by atoms with van der Waals surface area (Å²) in [5.41, 5.74) is 0.210. The molecular formula is C17H15F4NO. The zero-order chi connectivity index (χ0) is 17.0. The second-order valence-electron chi connectivity index (χ2n) is 5.22. The van der Waals surface area contributed by atoms with Crippen LogP contribution in [0.5, 0.6) is 0 Å². The number of hydrogen-bond donors (Lipinski definition) is 1. The molecule has 0 radical (unpaired) electrons. The zero-order valence-electron chi connectivity index (χ0n) is 12.3. The standard InChI is InChI=1S/C17H15F4NO/c1-11(13-5-7-15(18)8-6-13)22-16(23)10-12-3-2-4-14(9-12)17(19,20)21/h2-9,11H,10H2,1H3,(H,22,23)/t11-/m0/s1. The van der Waals surface area contributed by atoms with Crippen LogP contribution in [-0.2, 0) is 17.4 Å². The largest absolute Gasteiger partial charge is 0.416 e. The highest BCUT2D eigenvalue weighted by atomic mass is 19.4. The van der Waals surface area contributed by atoms with Gasteiger partial charge in [-0.15, -0.1) is 0 Å². The van der Waals surface area contributed by atoms with E-state index < -0.39 is 17.6 Å². The molecule has 1 N–H and O–H groups in total. The van der Waals surface area contributed by atoms with E-state index in [9.17, 15) is 22.4 Å². The van der Waals surface area contributed by atoms with Gasteiger partial charge in [0.2, 0.25) is 5.91 Å². The van der Waals surface area contributed by atoms with Crippen LogP contribution in [0.15, 0.2) is 48.5 Å². The molecule has 6 heteroatoms. The van der Waals surface area contributed by atoms with Crippen molar-refractivity contribution in [2.75, 3.05) is 0 Å². The molecule has 2 aromatic carbocycles. The van der Waals surface area contributed by atoms with Crippen molar-refractivity contribution in [2.24, 2.45) is 0 Å². The molecule has 0 saturated carbocycles. The first-order valence-electron chi connectivity index (χ1n) is 6.96. The van der Waals surface area contributed by atoms with E-state index in [4.69, 9.17) is 0 Å².